The van der Waals surface area contributed by atoms with Crippen LogP contribution >= 0.6 is 11.3 Å². The summed E-state index contributed by atoms with van der Waals surface area (Å²) in [4.78, 5) is 34.6. The highest BCUT2D eigenvalue weighted by Gasteiger charge is 2.24. The third-order valence-electron chi connectivity index (χ3n) is 5.39. The first-order valence-electron chi connectivity index (χ1n) is 11.0. The fourth-order valence-corrected chi connectivity index (χ4v) is 4.80. The summed E-state index contributed by atoms with van der Waals surface area (Å²) in [6, 6.07) is 12.7. The molecule has 2 amide bonds. The van der Waals surface area contributed by atoms with Crippen molar-refractivity contribution in [3.63, 3.8) is 0 Å². The van der Waals surface area contributed by atoms with Gasteiger partial charge in [0.05, 0.1) is 38.5 Å². The number of para-hydroxylation sites is 1. The van der Waals surface area contributed by atoms with Gasteiger partial charge in [-0.2, -0.15) is 0 Å². The molecule has 3 heterocycles. The summed E-state index contributed by atoms with van der Waals surface area (Å²) in [6.45, 7) is 0. The molecule has 11 heteroatoms. The molecular formula is C26H19F2N5O3S. The summed E-state index contributed by atoms with van der Waals surface area (Å²) in [5.74, 6) is -2.94. The lowest BCUT2D eigenvalue weighted by molar-refractivity contribution is -0.125. The fourth-order valence-electron chi connectivity index (χ4n) is 3.77. The van der Waals surface area contributed by atoms with Gasteiger partial charge in [0.1, 0.15) is 18.0 Å². The second-order valence-electron chi connectivity index (χ2n) is 8.10. The standard InChI is InChI=1S/C26H19F2N5O3S/c1-32-13-19(31-14-32)23-11-18-26(37-23)22(8-9-30-18)36-21-7-6-15(10-17(21)28)33(25(35)12-24(29)34)20-5-3-2-4-16(20)27/h2-11,13-14H,12H2,1H3,(H2,29,34). The number of anilines is 2. The van der Waals surface area contributed by atoms with Crippen molar-refractivity contribution in [1.82, 2.24) is 14.5 Å². The Labute approximate surface area is 213 Å². The number of thiophene rings is 1. The molecule has 0 saturated carbocycles. The fraction of sp³-hybridized carbons (Fsp3) is 0.0769. The molecule has 37 heavy (non-hydrogen) atoms. The number of fused-ring (bicyclic) bond motifs is 1. The summed E-state index contributed by atoms with van der Waals surface area (Å²) in [7, 11) is 1.87. The minimum atomic E-state index is -0.894. The normalized spacial score (nSPS) is 11.0. The molecule has 0 bridgehead atoms. The van der Waals surface area contributed by atoms with Gasteiger partial charge in [-0.3, -0.25) is 19.5 Å². The number of hydrogen-bond acceptors (Lipinski definition) is 6. The van der Waals surface area contributed by atoms with Crippen LogP contribution in [-0.4, -0.2) is 26.3 Å². The summed E-state index contributed by atoms with van der Waals surface area (Å²) >= 11 is 1.41. The highest BCUT2D eigenvalue weighted by molar-refractivity contribution is 7.22. The van der Waals surface area contributed by atoms with Crippen molar-refractivity contribution < 1.29 is 23.1 Å². The molecule has 0 spiro atoms. The minimum absolute atomic E-state index is 0.00892. The van der Waals surface area contributed by atoms with Crippen molar-refractivity contribution in [2.45, 2.75) is 6.42 Å². The number of benzene rings is 2. The van der Waals surface area contributed by atoms with E-state index >= 15 is 4.39 Å². The summed E-state index contributed by atoms with van der Waals surface area (Å²) in [5.41, 5.74) is 6.48. The van der Waals surface area contributed by atoms with Crippen LogP contribution in [0.5, 0.6) is 11.5 Å². The van der Waals surface area contributed by atoms with Gasteiger partial charge >= 0.3 is 0 Å². The lowest BCUT2D eigenvalue weighted by Gasteiger charge is -2.23. The highest BCUT2D eigenvalue weighted by Crippen LogP contribution is 2.40. The van der Waals surface area contributed by atoms with Crippen LogP contribution in [0.3, 0.4) is 0 Å². The van der Waals surface area contributed by atoms with Gasteiger partial charge in [-0.1, -0.05) is 12.1 Å². The molecule has 186 valence electrons. The van der Waals surface area contributed by atoms with E-state index in [4.69, 9.17) is 10.5 Å². The van der Waals surface area contributed by atoms with E-state index in [0.717, 1.165) is 27.6 Å². The van der Waals surface area contributed by atoms with Crippen molar-refractivity contribution in [2.24, 2.45) is 12.8 Å². The van der Waals surface area contributed by atoms with Crippen LogP contribution in [0.2, 0.25) is 0 Å². The van der Waals surface area contributed by atoms with Crippen LogP contribution < -0.4 is 15.4 Å². The van der Waals surface area contributed by atoms with Gasteiger partial charge in [0.2, 0.25) is 11.8 Å². The zero-order chi connectivity index (χ0) is 26.1. The number of aryl methyl sites for hydroxylation is 1. The number of pyridine rings is 1. The third-order valence-corrected chi connectivity index (χ3v) is 6.56. The van der Waals surface area contributed by atoms with E-state index < -0.39 is 29.9 Å². The summed E-state index contributed by atoms with van der Waals surface area (Å²) < 4.78 is 38.2. The molecule has 3 aromatic heterocycles. The number of nitrogens with two attached hydrogens (primary N) is 1. The highest BCUT2D eigenvalue weighted by atomic mass is 32.1. The smallest absolute Gasteiger partial charge is 0.241 e. The Morgan fingerprint density at radius 1 is 1.05 bits per heavy atom. The van der Waals surface area contributed by atoms with E-state index in [9.17, 15) is 14.0 Å². The van der Waals surface area contributed by atoms with Crippen molar-refractivity contribution in [2.75, 3.05) is 4.90 Å². The Kier molecular flexibility index (Phi) is 6.36. The van der Waals surface area contributed by atoms with Gasteiger partial charge < -0.3 is 15.0 Å². The number of rotatable bonds is 7. The second kappa shape index (κ2) is 9.78. The van der Waals surface area contributed by atoms with Crippen molar-refractivity contribution in [3.05, 3.63) is 85.0 Å². The number of nitrogens with zero attached hydrogens (tertiary/aromatic N) is 4. The van der Waals surface area contributed by atoms with E-state index in [0.29, 0.717) is 16.0 Å². The SMILES string of the molecule is Cn1cnc(-c2cc3nccc(Oc4ccc(N(C(=O)CC(N)=O)c5ccccc5F)cc4F)c3s2)c1. The van der Waals surface area contributed by atoms with Crippen molar-refractivity contribution in [3.8, 4) is 22.1 Å². The van der Waals surface area contributed by atoms with Crippen molar-refractivity contribution >= 4 is 44.7 Å². The number of ether oxygens (including phenoxy) is 1. The maximum absolute atomic E-state index is 15.2. The van der Waals surface area contributed by atoms with E-state index in [2.05, 4.69) is 9.97 Å². The Hall–Kier alpha value is -4.64. The molecule has 5 rings (SSSR count). The van der Waals surface area contributed by atoms with E-state index in [-0.39, 0.29) is 17.1 Å². The maximum Gasteiger partial charge on any atom is 0.241 e. The average Bonchev–Trinajstić information content (AvgIpc) is 3.48. The van der Waals surface area contributed by atoms with Crippen LogP contribution in [0.4, 0.5) is 20.2 Å². The molecule has 0 aliphatic rings. The number of aromatic nitrogens is 3. The second-order valence-corrected chi connectivity index (χ2v) is 9.15. The van der Waals surface area contributed by atoms with Gasteiger partial charge in [-0.25, -0.2) is 13.8 Å². The lowest BCUT2D eigenvalue weighted by atomic mass is 10.2. The monoisotopic (exact) mass is 519 g/mol. The van der Waals surface area contributed by atoms with Crippen LogP contribution in [-0.2, 0) is 16.6 Å². The van der Waals surface area contributed by atoms with Gasteiger partial charge in [0.15, 0.2) is 11.6 Å². The lowest BCUT2D eigenvalue weighted by Crippen LogP contribution is -2.31. The van der Waals surface area contributed by atoms with E-state index in [1.54, 1.807) is 18.6 Å². The zero-order valence-electron chi connectivity index (χ0n) is 19.4. The van der Waals surface area contributed by atoms with E-state index in [1.165, 1.54) is 41.7 Å². The average molecular weight is 520 g/mol. The minimum Gasteiger partial charge on any atom is -0.453 e. The first-order valence-corrected chi connectivity index (χ1v) is 11.8. The number of hydrogen-bond donors (Lipinski definition) is 1. The molecule has 0 aliphatic carbocycles. The largest absolute Gasteiger partial charge is 0.453 e. The molecule has 0 fully saturated rings. The summed E-state index contributed by atoms with van der Waals surface area (Å²) in [5, 5.41) is 0. The molecule has 0 unspecified atom stereocenters. The first-order chi connectivity index (χ1) is 17.8. The number of carbonyl (C=O) groups excluding carboxylic acids is 2. The first kappa shape index (κ1) is 24.1. The Balaban J connectivity index is 1.49. The topological polar surface area (TPSA) is 103 Å². The van der Waals surface area contributed by atoms with Gasteiger partial charge in [0.25, 0.3) is 0 Å². The molecule has 2 N–H and O–H groups in total. The molecule has 0 aliphatic heterocycles. The number of amides is 2. The molecule has 8 nitrogen and oxygen atoms in total. The summed E-state index contributed by atoms with van der Waals surface area (Å²) in [6.07, 6.45) is 4.45. The maximum atomic E-state index is 15.2. The molecule has 0 radical (unpaired) electrons. The number of carbonyl (C=O) groups is 2. The Bertz CT molecular complexity index is 1650. The van der Waals surface area contributed by atoms with Gasteiger partial charge in [-0.05, 0) is 30.3 Å². The zero-order valence-corrected chi connectivity index (χ0v) is 20.2. The van der Waals surface area contributed by atoms with E-state index in [1.807, 2.05) is 23.9 Å². The number of primary amides is 1. The molecule has 0 saturated heterocycles. The Morgan fingerprint density at radius 3 is 2.57 bits per heavy atom. The molecule has 5 aromatic rings. The number of halogens is 2. The third kappa shape index (κ3) is 4.89. The van der Waals surface area contributed by atoms with Crippen LogP contribution in [0, 0.1) is 11.6 Å². The number of imidazole rings is 1. The van der Waals surface area contributed by atoms with Crippen molar-refractivity contribution in [1.29, 1.82) is 0 Å². The molecule has 0 atom stereocenters. The predicted octanol–water partition coefficient (Wildman–Crippen LogP) is 5.31. The van der Waals surface area contributed by atoms with Crippen LogP contribution in [0.1, 0.15) is 6.42 Å². The predicted molar refractivity (Wildman–Crippen MR) is 136 cm³/mol. The molecule has 2 aromatic carbocycles. The Morgan fingerprint density at radius 2 is 1.86 bits per heavy atom. The van der Waals surface area contributed by atoms with Gasteiger partial charge in [0, 0.05) is 31.6 Å². The van der Waals surface area contributed by atoms with Crippen LogP contribution in [0.25, 0.3) is 20.8 Å². The van der Waals surface area contributed by atoms with Gasteiger partial charge in [-0.15, -0.1) is 11.3 Å². The quantitative estimate of drug-likeness (QED) is 0.294. The molecular weight excluding hydrogens is 500 g/mol. The van der Waals surface area contributed by atoms with Crippen LogP contribution in [0.15, 0.2) is 73.3 Å².